The van der Waals surface area contributed by atoms with Gasteiger partial charge in [-0.15, -0.1) is 24.0 Å². The molecule has 11 heteroatoms. The second kappa shape index (κ2) is 12.1. The van der Waals surface area contributed by atoms with Gasteiger partial charge < -0.3 is 19.5 Å². The molecule has 0 spiro atoms. The lowest BCUT2D eigenvalue weighted by Crippen LogP contribution is -2.54. The minimum absolute atomic E-state index is 0. The first-order chi connectivity index (χ1) is 13.6. The van der Waals surface area contributed by atoms with E-state index in [4.69, 9.17) is 9.26 Å². The van der Waals surface area contributed by atoms with Gasteiger partial charge >= 0.3 is 0 Å². The lowest BCUT2D eigenvalue weighted by Gasteiger charge is -2.35. The normalized spacial score (nSPS) is 19.3. The largest absolute Gasteiger partial charge is 0.378 e. The van der Waals surface area contributed by atoms with Gasteiger partial charge in [0.25, 0.3) is 0 Å². The highest BCUT2D eigenvalue weighted by atomic mass is 127. The molecule has 1 saturated carbocycles. The Morgan fingerprint density at radius 3 is 2.66 bits per heavy atom. The van der Waals surface area contributed by atoms with E-state index in [1.165, 1.54) is 36.3 Å². The number of aliphatic imine (C=N–C) groups is 1. The standard InChI is InChI=1S/C18H31N5O4S.HI/c1-19-18(20-8-4-13-26-17-5-2-3-6-17)22-9-11-23(12-10-22)28(24,25)15-16-7-14-27-21-16;/h7,14,17H,2-6,8-13,15H2,1H3,(H,19,20);1H. The summed E-state index contributed by atoms with van der Waals surface area (Å²) in [6.45, 7) is 3.65. The average Bonchev–Trinajstić information content (AvgIpc) is 3.39. The monoisotopic (exact) mass is 541 g/mol. The van der Waals surface area contributed by atoms with Crippen molar-refractivity contribution in [2.75, 3.05) is 46.4 Å². The summed E-state index contributed by atoms with van der Waals surface area (Å²) in [4.78, 5) is 6.43. The van der Waals surface area contributed by atoms with Gasteiger partial charge in [0.05, 0.1) is 11.8 Å². The van der Waals surface area contributed by atoms with Crippen molar-refractivity contribution < 1.29 is 17.7 Å². The van der Waals surface area contributed by atoms with Gasteiger partial charge in [0.15, 0.2) is 5.96 Å². The van der Waals surface area contributed by atoms with E-state index in [-0.39, 0.29) is 29.7 Å². The van der Waals surface area contributed by atoms with Crippen LogP contribution < -0.4 is 5.32 Å². The van der Waals surface area contributed by atoms with E-state index in [9.17, 15) is 8.42 Å². The minimum atomic E-state index is -3.39. The Morgan fingerprint density at radius 1 is 1.31 bits per heavy atom. The predicted molar refractivity (Wildman–Crippen MR) is 122 cm³/mol. The van der Waals surface area contributed by atoms with Crippen molar-refractivity contribution in [2.45, 2.75) is 44.0 Å². The van der Waals surface area contributed by atoms with Gasteiger partial charge in [-0.2, -0.15) is 4.31 Å². The van der Waals surface area contributed by atoms with Crippen LogP contribution in [-0.2, 0) is 20.5 Å². The van der Waals surface area contributed by atoms with E-state index in [0.717, 1.165) is 25.5 Å². The summed E-state index contributed by atoms with van der Waals surface area (Å²) in [6, 6.07) is 1.58. The van der Waals surface area contributed by atoms with Gasteiger partial charge in [0.2, 0.25) is 10.0 Å². The number of ether oxygens (including phenoxy) is 1. The van der Waals surface area contributed by atoms with E-state index in [1.54, 1.807) is 13.1 Å². The molecule has 9 nitrogen and oxygen atoms in total. The van der Waals surface area contributed by atoms with E-state index in [0.29, 0.717) is 38.0 Å². The van der Waals surface area contributed by atoms with E-state index < -0.39 is 10.0 Å². The molecule has 1 aromatic rings. The number of halogens is 1. The predicted octanol–water partition coefficient (Wildman–Crippen LogP) is 1.66. The number of sulfonamides is 1. The van der Waals surface area contributed by atoms with Gasteiger partial charge in [0, 0.05) is 52.4 Å². The third-order valence-electron chi connectivity index (χ3n) is 5.22. The summed E-state index contributed by atoms with van der Waals surface area (Å²) in [5.74, 6) is 0.687. The van der Waals surface area contributed by atoms with Crippen molar-refractivity contribution in [2.24, 2.45) is 4.99 Å². The zero-order chi connectivity index (χ0) is 19.8. The fraction of sp³-hybridized carbons (Fsp3) is 0.778. The minimum Gasteiger partial charge on any atom is -0.378 e. The summed E-state index contributed by atoms with van der Waals surface area (Å²) in [5.41, 5.74) is 0.430. The van der Waals surface area contributed by atoms with Gasteiger partial charge in [-0.1, -0.05) is 18.0 Å². The number of piperazine rings is 1. The fourth-order valence-electron chi connectivity index (χ4n) is 3.68. The Labute approximate surface area is 190 Å². The Balaban J connectivity index is 0.00000300. The van der Waals surface area contributed by atoms with Crippen molar-refractivity contribution in [3.8, 4) is 0 Å². The molecule has 1 aliphatic carbocycles. The first-order valence-electron chi connectivity index (χ1n) is 10.0. The van der Waals surface area contributed by atoms with Gasteiger partial charge in [-0.05, 0) is 19.3 Å². The maximum atomic E-state index is 12.5. The van der Waals surface area contributed by atoms with Crippen LogP contribution in [0.15, 0.2) is 21.8 Å². The van der Waals surface area contributed by atoms with Gasteiger partial charge in [-0.25, -0.2) is 8.42 Å². The molecular formula is C18H32IN5O4S. The molecule has 1 saturated heterocycles. The molecule has 0 radical (unpaired) electrons. The zero-order valence-electron chi connectivity index (χ0n) is 17.0. The van der Waals surface area contributed by atoms with E-state index >= 15 is 0 Å². The molecule has 1 aliphatic heterocycles. The summed E-state index contributed by atoms with van der Waals surface area (Å²) in [5, 5.41) is 7.06. The van der Waals surface area contributed by atoms with Crippen LogP contribution in [0.3, 0.4) is 0 Å². The molecule has 2 heterocycles. The quantitative estimate of drug-likeness (QED) is 0.231. The third kappa shape index (κ3) is 7.37. The molecule has 1 aromatic heterocycles. The third-order valence-corrected chi connectivity index (χ3v) is 7.04. The van der Waals surface area contributed by atoms with Crippen LogP contribution >= 0.6 is 24.0 Å². The molecule has 2 aliphatic rings. The van der Waals surface area contributed by atoms with Gasteiger partial charge in [0.1, 0.15) is 12.0 Å². The fourth-order valence-corrected chi connectivity index (χ4v) is 5.10. The van der Waals surface area contributed by atoms with Crippen LogP contribution in [0.25, 0.3) is 0 Å². The number of hydrogen-bond acceptors (Lipinski definition) is 6. The van der Waals surface area contributed by atoms with Crippen LogP contribution in [0.2, 0.25) is 0 Å². The molecule has 3 rings (SSSR count). The Hall–Kier alpha value is -0.920. The van der Waals surface area contributed by atoms with Crippen LogP contribution in [0.1, 0.15) is 37.8 Å². The molecule has 0 amide bonds. The van der Waals surface area contributed by atoms with Crippen LogP contribution in [-0.4, -0.2) is 81.2 Å². The molecule has 29 heavy (non-hydrogen) atoms. The molecule has 0 unspecified atom stereocenters. The number of nitrogens with zero attached hydrogens (tertiary/aromatic N) is 4. The molecule has 0 bridgehead atoms. The molecular weight excluding hydrogens is 509 g/mol. The zero-order valence-corrected chi connectivity index (χ0v) is 20.1. The van der Waals surface area contributed by atoms with Crippen molar-refractivity contribution in [3.05, 3.63) is 18.0 Å². The summed E-state index contributed by atoms with van der Waals surface area (Å²) < 4.78 is 37.2. The highest BCUT2D eigenvalue weighted by Gasteiger charge is 2.28. The SMILES string of the molecule is CN=C(NCCCOC1CCCC1)N1CCN(S(=O)(=O)Cc2ccon2)CC1.I. The van der Waals surface area contributed by atoms with Crippen LogP contribution in [0.4, 0.5) is 0 Å². The summed E-state index contributed by atoms with van der Waals surface area (Å²) in [6.07, 6.45) is 7.73. The highest BCUT2D eigenvalue weighted by Crippen LogP contribution is 2.20. The smallest absolute Gasteiger partial charge is 0.220 e. The van der Waals surface area contributed by atoms with Gasteiger partial charge in [-0.3, -0.25) is 4.99 Å². The maximum Gasteiger partial charge on any atom is 0.220 e. The lowest BCUT2D eigenvalue weighted by molar-refractivity contribution is 0.0573. The number of nitrogens with one attached hydrogen (secondary N) is 1. The Bertz CT molecular complexity index is 715. The molecule has 1 N–H and O–H groups in total. The van der Waals surface area contributed by atoms with Crippen LogP contribution in [0.5, 0.6) is 0 Å². The maximum absolute atomic E-state index is 12.5. The average molecular weight is 541 g/mol. The highest BCUT2D eigenvalue weighted by molar-refractivity contribution is 14.0. The molecule has 0 aromatic carbocycles. The Morgan fingerprint density at radius 2 is 2.03 bits per heavy atom. The number of aromatic nitrogens is 1. The number of rotatable bonds is 8. The van der Waals surface area contributed by atoms with Crippen molar-refractivity contribution in [3.63, 3.8) is 0 Å². The van der Waals surface area contributed by atoms with Crippen molar-refractivity contribution in [1.82, 2.24) is 19.7 Å². The Kier molecular flexibility index (Phi) is 10.1. The molecule has 0 atom stereocenters. The summed E-state index contributed by atoms with van der Waals surface area (Å²) in [7, 11) is -1.63. The number of guanidine groups is 1. The first kappa shape index (κ1) is 24.4. The topological polar surface area (TPSA) is 100 Å². The first-order valence-corrected chi connectivity index (χ1v) is 11.6. The van der Waals surface area contributed by atoms with Crippen molar-refractivity contribution >= 4 is 40.0 Å². The van der Waals surface area contributed by atoms with E-state index in [1.807, 2.05) is 0 Å². The molecule has 2 fully saturated rings. The van der Waals surface area contributed by atoms with Crippen molar-refractivity contribution in [1.29, 1.82) is 0 Å². The molecule has 166 valence electrons. The van der Waals surface area contributed by atoms with Crippen LogP contribution in [0, 0.1) is 0 Å². The summed E-state index contributed by atoms with van der Waals surface area (Å²) >= 11 is 0. The van der Waals surface area contributed by atoms with E-state index in [2.05, 4.69) is 20.4 Å². The number of hydrogen-bond donors (Lipinski definition) is 1. The second-order valence-corrected chi connectivity index (χ2v) is 9.21. The second-order valence-electron chi connectivity index (χ2n) is 7.24. The lowest BCUT2D eigenvalue weighted by atomic mass is 10.3.